The first-order chi connectivity index (χ1) is 13.6. The van der Waals surface area contributed by atoms with Crippen molar-refractivity contribution in [3.05, 3.63) is 29.8 Å². The van der Waals surface area contributed by atoms with Crippen LogP contribution in [0.4, 0.5) is 10.5 Å². The molecule has 0 unspecified atom stereocenters. The summed E-state index contributed by atoms with van der Waals surface area (Å²) in [5.74, 6) is 0.224. The number of piperidine rings is 1. The molecule has 0 atom stereocenters. The number of nitrogens with zero attached hydrogens (tertiary/aromatic N) is 3. The molecule has 1 aromatic rings. The molecule has 2 aliphatic heterocycles. The lowest BCUT2D eigenvalue weighted by Crippen LogP contribution is -2.48. The molecule has 1 saturated heterocycles. The molecule has 0 saturated carbocycles. The first-order valence-electron chi connectivity index (χ1n) is 9.95. The third kappa shape index (κ3) is 6.22. The molecule has 0 aromatic heterocycles. The summed E-state index contributed by atoms with van der Waals surface area (Å²) in [6.45, 7) is 4.15. The molecule has 1 fully saturated rings. The van der Waals surface area contributed by atoms with Crippen LogP contribution in [0.3, 0.4) is 0 Å². The molecule has 8 nitrogen and oxygen atoms in total. The molecule has 0 spiro atoms. The Balaban J connectivity index is 0.00000300. The summed E-state index contributed by atoms with van der Waals surface area (Å²) in [6.07, 6.45) is 3.22. The summed E-state index contributed by atoms with van der Waals surface area (Å²) in [4.78, 5) is 32.1. The Morgan fingerprint density at radius 2 is 1.97 bits per heavy atom. The number of nitrogens with one attached hydrogen (secondary N) is 1. The van der Waals surface area contributed by atoms with Crippen molar-refractivity contribution in [1.82, 2.24) is 10.2 Å². The number of amides is 2. The number of aliphatic imine (C=N–C) groups is 1. The fourth-order valence-corrected chi connectivity index (χ4v) is 3.71. The van der Waals surface area contributed by atoms with E-state index in [2.05, 4.69) is 16.4 Å². The normalized spacial score (nSPS) is 17.2. The van der Waals surface area contributed by atoms with Gasteiger partial charge in [-0.05, 0) is 44.2 Å². The van der Waals surface area contributed by atoms with Gasteiger partial charge in [0.1, 0.15) is 6.54 Å². The number of likely N-dealkylation sites (tertiary alicyclic amines) is 1. The van der Waals surface area contributed by atoms with Gasteiger partial charge < -0.3 is 25.6 Å². The first kappa shape index (κ1) is 23.2. The minimum atomic E-state index is -0.269. The summed E-state index contributed by atoms with van der Waals surface area (Å²) >= 11 is 0. The number of hydrogen-bond donors (Lipinski definition) is 2. The molecule has 0 radical (unpaired) electrons. The summed E-state index contributed by atoms with van der Waals surface area (Å²) in [5.41, 5.74) is 8.16. The summed E-state index contributed by atoms with van der Waals surface area (Å²) < 4.78 is 5.02. The second kappa shape index (κ2) is 11.2. The molecule has 3 rings (SSSR count). The average Bonchev–Trinajstić information content (AvgIpc) is 2.72. The monoisotopic (exact) mass is 515 g/mol. The average molecular weight is 515 g/mol. The zero-order valence-electron chi connectivity index (χ0n) is 16.8. The third-order valence-electron chi connectivity index (χ3n) is 5.17. The number of benzene rings is 1. The predicted octanol–water partition coefficient (Wildman–Crippen LogP) is 2.11. The number of hydrogen-bond acceptors (Lipinski definition) is 4. The standard InChI is InChI=1S/C20H29N5O3.HI/c1-2-28-20(27)24-12-9-16(10-13-24)23-19(21)22-14-18(26)25-11-5-7-15-6-3-4-8-17(15)25;/h3-4,6,8,16H,2,5,7,9-14H2,1H3,(H3,21,22,23);1H. The predicted molar refractivity (Wildman–Crippen MR) is 124 cm³/mol. The fraction of sp³-hybridized carbons (Fsp3) is 0.550. The van der Waals surface area contributed by atoms with Crippen LogP contribution in [0.15, 0.2) is 29.3 Å². The lowest BCUT2D eigenvalue weighted by atomic mass is 10.0. The summed E-state index contributed by atoms with van der Waals surface area (Å²) in [6, 6.07) is 8.14. The van der Waals surface area contributed by atoms with Gasteiger partial charge in [-0.2, -0.15) is 0 Å². The molecule has 2 heterocycles. The van der Waals surface area contributed by atoms with E-state index in [1.807, 2.05) is 18.2 Å². The van der Waals surface area contributed by atoms with E-state index in [-0.39, 0.29) is 54.5 Å². The van der Waals surface area contributed by atoms with Crippen LogP contribution in [0.1, 0.15) is 31.7 Å². The van der Waals surface area contributed by atoms with Crippen LogP contribution in [0, 0.1) is 0 Å². The Hall–Kier alpha value is -2.04. The maximum atomic E-state index is 12.6. The van der Waals surface area contributed by atoms with Gasteiger partial charge in [0.05, 0.1) is 6.61 Å². The molecule has 0 aliphatic carbocycles. The van der Waals surface area contributed by atoms with Crippen LogP contribution >= 0.6 is 24.0 Å². The Bertz CT molecular complexity index is 735. The van der Waals surface area contributed by atoms with Gasteiger partial charge in [0, 0.05) is 31.4 Å². The number of carbonyl (C=O) groups is 2. The minimum absolute atomic E-state index is 0. The largest absolute Gasteiger partial charge is 0.450 e. The zero-order valence-corrected chi connectivity index (χ0v) is 19.1. The van der Waals surface area contributed by atoms with Crippen molar-refractivity contribution in [3.63, 3.8) is 0 Å². The van der Waals surface area contributed by atoms with E-state index in [1.165, 1.54) is 5.56 Å². The van der Waals surface area contributed by atoms with Crippen LogP contribution < -0.4 is 16.0 Å². The van der Waals surface area contributed by atoms with Crippen molar-refractivity contribution in [3.8, 4) is 0 Å². The number of anilines is 1. The number of ether oxygens (including phenoxy) is 1. The summed E-state index contributed by atoms with van der Waals surface area (Å²) in [5, 5.41) is 3.17. The van der Waals surface area contributed by atoms with E-state index in [0.717, 1.165) is 31.4 Å². The maximum Gasteiger partial charge on any atom is 0.409 e. The topological polar surface area (TPSA) is 100 Å². The SMILES string of the molecule is CCOC(=O)N1CCC(NC(N)=NCC(=O)N2CCCc3ccccc32)CC1.I. The maximum absolute atomic E-state index is 12.6. The fourth-order valence-electron chi connectivity index (χ4n) is 3.71. The van der Waals surface area contributed by atoms with Gasteiger partial charge in [-0.15, -0.1) is 24.0 Å². The third-order valence-corrected chi connectivity index (χ3v) is 5.17. The molecule has 1 aromatic carbocycles. The van der Waals surface area contributed by atoms with Crippen LogP contribution in [-0.2, 0) is 16.0 Å². The second-order valence-electron chi connectivity index (χ2n) is 7.08. The van der Waals surface area contributed by atoms with Gasteiger partial charge in [0.25, 0.3) is 0 Å². The lowest BCUT2D eigenvalue weighted by molar-refractivity contribution is -0.117. The zero-order chi connectivity index (χ0) is 19.9. The highest BCUT2D eigenvalue weighted by molar-refractivity contribution is 14.0. The lowest BCUT2D eigenvalue weighted by Gasteiger charge is -2.32. The van der Waals surface area contributed by atoms with Crippen LogP contribution in [-0.4, -0.2) is 61.7 Å². The first-order valence-corrected chi connectivity index (χ1v) is 9.95. The van der Waals surface area contributed by atoms with Crippen LogP contribution in [0.5, 0.6) is 0 Å². The molecular weight excluding hydrogens is 485 g/mol. The number of fused-ring (bicyclic) bond motifs is 1. The highest BCUT2D eigenvalue weighted by Crippen LogP contribution is 2.26. The number of halogens is 1. The van der Waals surface area contributed by atoms with Gasteiger partial charge in [0.2, 0.25) is 5.91 Å². The molecule has 0 bridgehead atoms. The van der Waals surface area contributed by atoms with Gasteiger partial charge in [0.15, 0.2) is 5.96 Å². The molecule has 160 valence electrons. The smallest absolute Gasteiger partial charge is 0.409 e. The van der Waals surface area contributed by atoms with Gasteiger partial charge in [-0.3, -0.25) is 4.79 Å². The van der Waals surface area contributed by atoms with E-state index in [1.54, 1.807) is 16.7 Å². The Kier molecular flexibility index (Phi) is 8.99. The van der Waals surface area contributed by atoms with Crippen molar-refractivity contribution in [2.75, 3.05) is 37.7 Å². The van der Waals surface area contributed by atoms with Crippen LogP contribution in [0.25, 0.3) is 0 Å². The molecule has 2 amide bonds. The Morgan fingerprint density at radius 3 is 2.69 bits per heavy atom. The van der Waals surface area contributed by atoms with Gasteiger partial charge in [-0.25, -0.2) is 9.79 Å². The van der Waals surface area contributed by atoms with E-state index in [0.29, 0.717) is 26.2 Å². The summed E-state index contributed by atoms with van der Waals surface area (Å²) in [7, 11) is 0. The number of carbonyl (C=O) groups excluding carboxylic acids is 2. The Morgan fingerprint density at radius 1 is 1.24 bits per heavy atom. The number of aryl methyl sites for hydroxylation is 1. The molecular formula is C20H30IN5O3. The van der Waals surface area contributed by atoms with Crippen molar-refractivity contribution in [2.24, 2.45) is 10.7 Å². The van der Waals surface area contributed by atoms with E-state index >= 15 is 0 Å². The van der Waals surface area contributed by atoms with Crippen molar-refractivity contribution in [1.29, 1.82) is 0 Å². The minimum Gasteiger partial charge on any atom is -0.450 e. The number of para-hydroxylation sites is 1. The highest BCUT2D eigenvalue weighted by atomic mass is 127. The van der Waals surface area contributed by atoms with E-state index < -0.39 is 0 Å². The molecule has 29 heavy (non-hydrogen) atoms. The second-order valence-corrected chi connectivity index (χ2v) is 7.08. The van der Waals surface area contributed by atoms with E-state index in [9.17, 15) is 9.59 Å². The highest BCUT2D eigenvalue weighted by Gasteiger charge is 2.24. The van der Waals surface area contributed by atoms with Crippen molar-refractivity contribution < 1.29 is 14.3 Å². The van der Waals surface area contributed by atoms with E-state index in [4.69, 9.17) is 10.5 Å². The quantitative estimate of drug-likeness (QED) is 0.364. The number of guanidine groups is 1. The van der Waals surface area contributed by atoms with Gasteiger partial charge >= 0.3 is 6.09 Å². The molecule has 3 N–H and O–H groups in total. The number of rotatable bonds is 4. The van der Waals surface area contributed by atoms with Crippen LogP contribution in [0.2, 0.25) is 0 Å². The molecule has 2 aliphatic rings. The van der Waals surface area contributed by atoms with Crippen molar-refractivity contribution >= 4 is 47.6 Å². The Labute approximate surface area is 188 Å². The van der Waals surface area contributed by atoms with Gasteiger partial charge in [-0.1, -0.05) is 18.2 Å². The van der Waals surface area contributed by atoms with Crippen molar-refractivity contribution in [2.45, 2.75) is 38.6 Å². The number of nitrogens with two attached hydrogens (primary N) is 1. The molecule has 9 heteroatoms.